The summed E-state index contributed by atoms with van der Waals surface area (Å²) in [5.41, 5.74) is 0.650. The molecule has 2 rings (SSSR count). The van der Waals surface area contributed by atoms with Crippen LogP contribution >= 0.6 is 0 Å². The molecule has 0 aliphatic carbocycles. The second-order valence-corrected chi connectivity index (χ2v) is 3.35. The Hall–Kier alpha value is -1.49. The first-order valence-electron chi connectivity index (χ1n) is 4.44. The summed E-state index contributed by atoms with van der Waals surface area (Å²) in [6, 6.07) is 0. The number of aliphatic hydroxyl groups is 1. The van der Waals surface area contributed by atoms with E-state index in [2.05, 4.69) is 9.97 Å². The van der Waals surface area contributed by atoms with Crippen LogP contribution in [0, 0.1) is 6.92 Å². The highest BCUT2D eigenvalue weighted by atomic mass is 16.3. The van der Waals surface area contributed by atoms with Crippen molar-refractivity contribution >= 4 is 11.6 Å². The maximum absolute atomic E-state index is 11.4. The molecule has 1 amide bonds. The number of carbonyl (C=O) groups is 1. The van der Waals surface area contributed by atoms with Crippen molar-refractivity contribution in [1.82, 2.24) is 9.97 Å². The van der Waals surface area contributed by atoms with E-state index in [4.69, 9.17) is 0 Å². The van der Waals surface area contributed by atoms with Gasteiger partial charge in [-0.15, -0.1) is 0 Å². The first-order chi connectivity index (χ1) is 6.66. The SMILES string of the molecule is Cc1ncc(N2CC(O)CC2=O)cn1. The van der Waals surface area contributed by atoms with Crippen LogP contribution in [0.25, 0.3) is 0 Å². The van der Waals surface area contributed by atoms with Gasteiger partial charge in [0.05, 0.1) is 37.2 Å². The lowest BCUT2D eigenvalue weighted by atomic mass is 10.3. The summed E-state index contributed by atoms with van der Waals surface area (Å²) in [6.07, 6.45) is 2.81. The fourth-order valence-electron chi connectivity index (χ4n) is 1.46. The van der Waals surface area contributed by atoms with Gasteiger partial charge < -0.3 is 10.0 Å². The maximum atomic E-state index is 11.4. The van der Waals surface area contributed by atoms with E-state index >= 15 is 0 Å². The highest BCUT2D eigenvalue weighted by Gasteiger charge is 2.29. The fourth-order valence-corrected chi connectivity index (χ4v) is 1.46. The van der Waals surface area contributed by atoms with E-state index in [0.29, 0.717) is 18.1 Å². The predicted octanol–water partition coefficient (Wildman–Crippen LogP) is -0.117. The summed E-state index contributed by atoms with van der Waals surface area (Å²) >= 11 is 0. The number of amides is 1. The molecule has 1 atom stereocenters. The molecule has 14 heavy (non-hydrogen) atoms. The van der Waals surface area contributed by atoms with Crippen LogP contribution in [0.4, 0.5) is 5.69 Å². The van der Waals surface area contributed by atoms with Gasteiger partial charge in [0.1, 0.15) is 5.82 Å². The number of β-amino-alcohol motifs (C(OH)–C–C–N with tert-alkyl or cyclic N) is 1. The molecule has 74 valence electrons. The number of hydrogen-bond donors (Lipinski definition) is 1. The van der Waals surface area contributed by atoms with Gasteiger partial charge in [-0.05, 0) is 6.92 Å². The first-order valence-corrected chi connectivity index (χ1v) is 4.44. The Labute approximate surface area is 81.4 Å². The molecular formula is C9H11N3O2. The number of aliphatic hydroxyl groups excluding tert-OH is 1. The van der Waals surface area contributed by atoms with Gasteiger partial charge >= 0.3 is 0 Å². The zero-order valence-corrected chi connectivity index (χ0v) is 7.84. The van der Waals surface area contributed by atoms with Crippen molar-refractivity contribution in [3.8, 4) is 0 Å². The van der Waals surface area contributed by atoms with E-state index in [9.17, 15) is 9.90 Å². The van der Waals surface area contributed by atoms with Crippen molar-refractivity contribution in [2.45, 2.75) is 19.4 Å². The Bertz CT molecular complexity index is 350. The highest BCUT2D eigenvalue weighted by molar-refractivity contribution is 5.95. The van der Waals surface area contributed by atoms with E-state index in [1.807, 2.05) is 0 Å². The van der Waals surface area contributed by atoms with Crippen molar-refractivity contribution in [3.05, 3.63) is 18.2 Å². The number of carbonyl (C=O) groups excluding carboxylic acids is 1. The molecule has 0 spiro atoms. The normalized spacial score (nSPS) is 21.7. The van der Waals surface area contributed by atoms with Crippen LogP contribution in [0.2, 0.25) is 0 Å². The molecule has 0 aromatic carbocycles. The Morgan fingerprint density at radius 1 is 1.50 bits per heavy atom. The monoisotopic (exact) mass is 193 g/mol. The van der Waals surface area contributed by atoms with E-state index in [1.54, 1.807) is 19.3 Å². The summed E-state index contributed by atoms with van der Waals surface area (Å²) in [5, 5.41) is 9.28. The van der Waals surface area contributed by atoms with E-state index in [1.165, 1.54) is 4.90 Å². The van der Waals surface area contributed by atoms with Gasteiger partial charge in [0.2, 0.25) is 5.91 Å². The lowest BCUT2D eigenvalue weighted by Crippen LogP contribution is -2.25. The van der Waals surface area contributed by atoms with Crippen molar-refractivity contribution in [2.75, 3.05) is 11.4 Å². The Morgan fingerprint density at radius 3 is 2.64 bits per heavy atom. The van der Waals surface area contributed by atoms with E-state index in [-0.39, 0.29) is 12.3 Å². The van der Waals surface area contributed by atoms with Gasteiger partial charge in [0.25, 0.3) is 0 Å². The van der Waals surface area contributed by atoms with Crippen LogP contribution in [-0.2, 0) is 4.79 Å². The molecule has 0 saturated carbocycles. The second-order valence-electron chi connectivity index (χ2n) is 3.35. The highest BCUT2D eigenvalue weighted by Crippen LogP contribution is 2.19. The molecule has 5 heteroatoms. The zero-order chi connectivity index (χ0) is 10.1. The lowest BCUT2D eigenvalue weighted by molar-refractivity contribution is -0.117. The van der Waals surface area contributed by atoms with Crippen LogP contribution in [0.3, 0.4) is 0 Å². The topological polar surface area (TPSA) is 66.3 Å². The van der Waals surface area contributed by atoms with Gasteiger partial charge in [-0.25, -0.2) is 9.97 Å². The van der Waals surface area contributed by atoms with Crippen LogP contribution in [-0.4, -0.2) is 33.6 Å². The Kier molecular flexibility index (Phi) is 2.17. The zero-order valence-electron chi connectivity index (χ0n) is 7.84. The Balaban J connectivity index is 2.23. The van der Waals surface area contributed by atoms with Gasteiger partial charge in [0, 0.05) is 0 Å². The number of anilines is 1. The van der Waals surface area contributed by atoms with E-state index in [0.717, 1.165) is 0 Å². The largest absolute Gasteiger partial charge is 0.391 e. The predicted molar refractivity (Wildman–Crippen MR) is 49.7 cm³/mol. The number of aromatic nitrogens is 2. The number of rotatable bonds is 1. The maximum Gasteiger partial charge on any atom is 0.229 e. The number of nitrogens with zero attached hydrogens (tertiary/aromatic N) is 3. The summed E-state index contributed by atoms with van der Waals surface area (Å²) < 4.78 is 0. The van der Waals surface area contributed by atoms with Crippen molar-refractivity contribution < 1.29 is 9.90 Å². The smallest absolute Gasteiger partial charge is 0.229 e. The average molecular weight is 193 g/mol. The van der Waals surface area contributed by atoms with Crippen LogP contribution in [0.5, 0.6) is 0 Å². The molecule has 0 radical (unpaired) electrons. The molecule has 0 bridgehead atoms. The molecule has 1 aromatic rings. The molecular weight excluding hydrogens is 182 g/mol. The molecule has 1 aliphatic rings. The second kappa shape index (κ2) is 3.34. The van der Waals surface area contributed by atoms with Gasteiger partial charge in [0.15, 0.2) is 0 Å². The van der Waals surface area contributed by atoms with E-state index < -0.39 is 6.10 Å². The first kappa shape index (κ1) is 9.08. The summed E-state index contributed by atoms with van der Waals surface area (Å²) in [4.78, 5) is 20.9. The molecule has 2 heterocycles. The molecule has 1 unspecified atom stereocenters. The van der Waals surface area contributed by atoms with Crippen LogP contribution < -0.4 is 4.90 Å². The molecule has 1 fully saturated rings. The quantitative estimate of drug-likeness (QED) is 0.675. The summed E-state index contributed by atoms with van der Waals surface area (Å²) in [7, 11) is 0. The summed E-state index contributed by atoms with van der Waals surface area (Å²) in [6.45, 7) is 2.12. The molecule has 1 aliphatic heterocycles. The average Bonchev–Trinajstić information content (AvgIpc) is 2.47. The minimum atomic E-state index is -0.566. The fraction of sp³-hybridized carbons (Fsp3) is 0.444. The van der Waals surface area contributed by atoms with Gasteiger partial charge in [-0.3, -0.25) is 4.79 Å². The third-order valence-electron chi connectivity index (χ3n) is 2.18. The van der Waals surface area contributed by atoms with Crippen molar-refractivity contribution in [2.24, 2.45) is 0 Å². The number of hydrogen-bond acceptors (Lipinski definition) is 4. The minimum absolute atomic E-state index is 0.0787. The van der Waals surface area contributed by atoms with Gasteiger partial charge in [-0.1, -0.05) is 0 Å². The third-order valence-corrected chi connectivity index (χ3v) is 2.18. The minimum Gasteiger partial charge on any atom is -0.391 e. The number of aryl methyl sites for hydroxylation is 1. The van der Waals surface area contributed by atoms with Crippen molar-refractivity contribution in [3.63, 3.8) is 0 Å². The Morgan fingerprint density at radius 2 is 2.14 bits per heavy atom. The molecule has 1 aromatic heterocycles. The molecule has 1 saturated heterocycles. The van der Waals surface area contributed by atoms with Crippen LogP contribution in [0.15, 0.2) is 12.4 Å². The van der Waals surface area contributed by atoms with Crippen LogP contribution in [0.1, 0.15) is 12.2 Å². The standard InChI is InChI=1S/C9H11N3O2/c1-6-10-3-7(4-11-6)12-5-8(13)2-9(12)14/h3-4,8,13H,2,5H2,1H3. The summed E-state index contributed by atoms with van der Waals surface area (Å²) in [5.74, 6) is 0.589. The van der Waals surface area contributed by atoms with Crippen molar-refractivity contribution in [1.29, 1.82) is 0 Å². The molecule has 5 nitrogen and oxygen atoms in total. The lowest BCUT2D eigenvalue weighted by Gasteiger charge is -2.14. The van der Waals surface area contributed by atoms with Gasteiger partial charge in [-0.2, -0.15) is 0 Å². The molecule has 1 N–H and O–H groups in total. The third kappa shape index (κ3) is 1.58.